The van der Waals surface area contributed by atoms with Crippen molar-refractivity contribution in [2.75, 3.05) is 0 Å². The Morgan fingerprint density at radius 2 is 2.00 bits per heavy atom. The lowest BCUT2D eigenvalue weighted by Crippen LogP contribution is -2.14. The number of benzene rings is 2. The quantitative estimate of drug-likeness (QED) is 0.474. The molecule has 0 bridgehead atoms. The SMILES string of the molecule is Cc1cccc([N+](=O)[O-])c1S(=O)(=O)Oc1ccc(C#N)cc1Cl. The Morgan fingerprint density at radius 1 is 1.30 bits per heavy atom. The summed E-state index contributed by atoms with van der Waals surface area (Å²) >= 11 is 5.87. The van der Waals surface area contributed by atoms with Gasteiger partial charge in [-0.3, -0.25) is 10.1 Å². The summed E-state index contributed by atoms with van der Waals surface area (Å²) in [4.78, 5) is 9.71. The molecule has 0 aliphatic rings. The minimum atomic E-state index is -4.47. The Balaban J connectivity index is 2.53. The highest BCUT2D eigenvalue weighted by Gasteiger charge is 2.30. The average molecular weight is 353 g/mol. The number of nitrogens with zero attached hydrogens (tertiary/aromatic N) is 2. The van der Waals surface area contributed by atoms with Crippen LogP contribution in [0.1, 0.15) is 11.1 Å². The first-order valence-corrected chi connectivity index (χ1v) is 7.93. The van der Waals surface area contributed by atoms with Crippen LogP contribution in [0.5, 0.6) is 5.75 Å². The van der Waals surface area contributed by atoms with E-state index in [0.29, 0.717) is 0 Å². The summed E-state index contributed by atoms with van der Waals surface area (Å²) < 4.78 is 29.7. The van der Waals surface area contributed by atoms with Crippen LogP contribution in [0.2, 0.25) is 5.02 Å². The molecule has 0 unspecified atom stereocenters. The Labute approximate surface area is 137 Å². The van der Waals surface area contributed by atoms with Gasteiger partial charge in [-0.1, -0.05) is 23.7 Å². The van der Waals surface area contributed by atoms with E-state index in [0.717, 1.165) is 6.07 Å². The van der Waals surface area contributed by atoms with E-state index < -0.39 is 25.6 Å². The lowest BCUT2D eigenvalue weighted by atomic mass is 10.2. The molecule has 9 heteroatoms. The van der Waals surface area contributed by atoms with Gasteiger partial charge in [-0.05, 0) is 30.7 Å². The molecule has 0 saturated carbocycles. The molecule has 0 spiro atoms. The number of rotatable bonds is 4. The van der Waals surface area contributed by atoms with E-state index in [-0.39, 0.29) is 21.9 Å². The molecule has 2 rings (SSSR count). The number of nitriles is 1. The zero-order valence-corrected chi connectivity index (χ0v) is 13.3. The van der Waals surface area contributed by atoms with E-state index in [1.54, 1.807) is 0 Å². The molecule has 0 heterocycles. The zero-order valence-electron chi connectivity index (χ0n) is 11.7. The van der Waals surface area contributed by atoms with Gasteiger partial charge in [-0.25, -0.2) is 0 Å². The Bertz CT molecular complexity index is 935. The summed E-state index contributed by atoms with van der Waals surface area (Å²) in [6.45, 7) is 1.42. The fourth-order valence-corrected chi connectivity index (χ4v) is 3.49. The molecule has 0 saturated heterocycles. The summed E-state index contributed by atoms with van der Waals surface area (Å²) in [5.74, 6) is -0.219. The van der Waals surface area contributed by atoms with E-state index >= 15 is 0 Å². The molecule has 0 radical (unpaired) electrons. The first-order chi connectivity index (χ1) is 10.8. The van der Waals surface area contributed by atoms with Crippen LogP contribution in [0.3, 0.4) is 0 Å². The average Bonchev–Trinajstić information content (AvgIpc) is 2.48. The molecule has 2 aromatic rings. The molecule has 0 aliphatic carbocycles. The van der Waals surface area contributed by atoms with E-state index in [9.17, 15) is 18.5 Å². The van der Waals surface area contributed by atoms with Crippen LogP contribution in [0.4, 0.5) is 5.69 Å². The van der Waals surface area contributed by atoms with Gasteiger partial charge in [0.1, 0.15) is 0 Å². The number of hydrogen-bond donors (Lipinski definition) is 0. The Hall–Kier alpha value is -2.63. The number of nitro benzene ring substituents is 1. The highest BCUT2D eigenvalue weighted by Crippen LogP contribution is 2.32. The van der Waals surface area contributed by atoms with Crippen molar-refractivity contribution < 1.29 is 17.5 Å². The Kier molecular flexibility index (Phi) is 4.54. The number of halogens is 1. The van der Waals surface area contributed by atoms with Gasteiger partial charge in [0.15, 0.2) is 10.6 Å². The normalized spacial score (nSPS) is 10.8. The molecule has 0 amide bonds. The lowest BCUT2D eigenvalue weighted by Gasteiger charge is -2.10. The molecule has 23 heavy (non-hydrogen) atoms. The first-order valence-electron chi connectivity index (χ1n) is 6.14. The van der Waals surface area contributed by atoms with E-state index in [4.69, 9.17) is 21.0 Å². The summed E-state index contributed by atoms with van der Waals surface area (Å²) in [7, 11) is -4.47. The van der Waals surface area contributed by atoms with Gasteiger partial charge in [-0.2, -0.15) is 13.7 Å². The van der Waals surface area contributed by atoms with Crippen LogP contribution in [0.25, 0.3) is 0 Å². The second kappa shape index (κ2) is 6.24. The van der Waals surface area contributed by atoms with Crippen molar-refractivity contribution in [3.63, 3.8) is 0 Å². The second-order valence-electron chi connectivity index (χ2n) is 4.47. The molecule has 2 aromatic carbocycles. The number of nitro groups is 1. The second-order valence-corrected chi connectivity index (χ2v) is 6.37. The largest absolute Gasteiger partial charge is 0.377 e. The molecule has 0 fully saturated rings. The monoisotopic (exact) mass is 352 g/mol. The summed E-state index contributed by atoms with van der Waals surface area (Å²) in [5, 5.41) is 19.7. The van der Waals surface area contributed by atoms with Crippen molar-refractivity contribution in [3.05, 3.63) is 62.7 Å². The van der Waals surface area contributed by atoms with Crippen LogP contribution >= 0.6 is 11.6 Å². The first kappa shape index (κ1) is 16.7. The fraction of sp³-hybridized carbons (Fsp3) is 0.0714. The fourth-order valence-electron chi connectivity index (χ4n) is 1.90. The molecule has 0 atom stereocenters. The highest BCUT2D eigenvalue weighted by molar-refractivity contribution is 7.87. The van der Waals surface area contributed by atoms with Gasteiger partial charge in [0.25, 0.3) is 5.69 Å². The maximum absolute atomic E-state index is 12.4. The van der Waals surface area contributed by atoms with Gasteiger partial charge in [0.05, 0.1) is 21.6 Å². The van der Waals surface area contributed by atoms with Crippen molar-refractivity contribution in [1.82, 2.24) is 0 Å². The number of aryl methyl sites for hydroxylation is 1. The molecule has 7 nitrogen and oxygen atoms in total. The van der Waals surface area contributed by atoms with Crippen molar-refractivity contribution >= 4 is 27.4 Å². The van der Waals surface area contributed by atoms with Crippen molar-refractivity contribution in [1.29, 1.82) is 5.26 Å². The topological polar surface area (TPSA) is 110 Å². The third-order valence-electron chi connectivity index (χ3n) is 2.90. The van der Waals surface area contributed by atoms with Gasteiger partial charge in [0, 0.05) is 6.07 Å². The maximum Gasteiger partial charge on any atom is 0.346 e. The lowest BCUT2D eigenvalue weighted by molar-refractivity contribution is -0.388. The molecular weight excluding hydrogens is 344 g/mol. The van der Waals surface area contributed by atoms with Crippen LogP contribution in [-0.4, -0.2) is 13.3 Å². The van der Waals surface area contributed by atoms with Crippen molar-refractivity contribution in [2.45, 2.75) is 11.8 Å². The predicted octanol–water partition coefficient (Wildman–Crippen LogP) is 3.20. The highest BCUT2D eigenvalue weighted by atomic mass is 35.5. The molecular formula is C14H9ClN2O5S. The van der Waals surface area contributed by atoms with Crippen LogP contribution in [0, 0.1) is 28.4 Å². The van der Waals surface area contributed by atoms with Gasteiger partial charge < -0.3 is 4.18 Å². The van der Waals surface area contributed by atoms with Gasteiger partial charge in [-0.15, -0.1) is 0 Å². The third kappa shape index (κ3) is 3.41. The van der Waals surface area contributed by atoms with Crippen molar-refractivity contribution in [3.8, 4) is 11.8 Å². The van der Waals surface area contributed by atoms with Gasteiger partial charge >= 0.3 is 10.1 Å². The van der Waals surface area contributed by atoms with E-state index in [2.05, 4.69) is 0 Å². The minimum Gasteiger partial charge on any atom is -0.377 e. The zero-order chi connectivity index (χ0) is 17.2. The van der Waals surface area contributed by atoms with E-state index in [1.165, 1.54) is 37.3 Å². The number of hydrogen-bond acceptors (Lipinski definition) is 6. The van der Waals surface area contributed by atoms with Crippen LogP contribution < -0.4 is 4.18 Å². The third-order valence-corrected chi connectivity index (χ3v) is 4.62. The smallest absolute Gasteiger partial charge is 0.346 e. The van der Waals surface area contributed by atoms with Crippen LogP contribution in [0.15, 0.2) is 41.3 Å². The van der Waals surface area contributed by atoms with E-state index in [1.807, 2.05) is 6.07 Å². The Morgan fingerprint density at radius 3 is 2.57 bits per heavy atom. The van der Waals surface area contributed by atoms with Gasteiger partial charge in [0.2, 0.25) is 0 Å². The maximum atomic E-state index is 12.4. The molecule has 0 aliphatic heterocycles. The molecule has 118 valence electrons. The molecule has 0 N–H and O–H groups in total. The van der Waals surface area contributed by atoms with Crippen LogP contribution in [-0.2, 0) is 10.1 Å². The molecule has 0 aromatic heterocycles. The predicted molar refractivity (Wildman–Crippen MR) is 81.8 cm³/mol. The van der Waals surface area contributed by atoms with Crippen molar-refractivity contribution in [2.24, 2.45) is 0 Å². The standard InChI is InChI=1S/C14H9ClN2O5S/c1-9-3-2-4-12(17(18)19)14(9)23(20,21)22-13-6-5-10(8-16)7-11(13)15/h2-7H,1H3. The minimum absolute atomic E-state index is 0.0936. The summed E-state index contributed by atoms with van der Waals surface area (Å²) in [5.41, 5.74) is -0.194. The summed E-state index contributed by atoms with van der Waals surface area (Å²) in [6, 6.07) is 9.48. The summed E-state index contributed by atoms with van der Waals surface area (Å²) in [6.07, 6.45) is 0.